The van der Waals surface area contributed by atoms with Crippen LogP contribution in [0, 0.1) is 0 Å². The van der Waals surface area contributed by atoms with Gasteiger partial charge >= 0.3 is 0 Å². The normalized spacial score (nSPS) is 10.4. The molecular formula is C17H15N3O2S. The lowest BCUT2D eigenvalue weighted by Crippen LogP contribution is -2.12. The van der Waals surface area contributed by atoms with Gasteiger partial charge in [0.25, 0.3) is 0 Å². The van der Waals surface area contributed by atoms with E-state index in [1.165, 1.54) is 4.88 Å². The molecule has 0 aliphatic carbocycles. The van der Waals surface area contributed by atoms with Crippen LogP contribution >= 0.6 is 11.3 Å². The number of thiophene rings is 1. The van der Waals surface area contributed by atoms with Crippen molar-refractivity contribution in [2.45, 2.75) is 12.8 Å². The molecule has 0 unspecified atom stereocenters. The predicted octanol–water partition coefficient (Wildman–Crippen LogP) is 3.48. The van der Waals surface area contributed by atoms with Crippen LogP contribution in [0.5, 0.6) is 5.75 Å². The van der Waals surface area contributed by atoms with Gasteiger partial charge in [0.1, 0.15) is 5.75 Å². The Morgan fingerprint density at radius 1 is 1.17 bits per heavy atom. The Hall–Kier alpha value is -2.73. The predicted molar refractivity (Wildman–Crippen MR) is 90.4 cm³/mol. The van der Waals surface area contributed by atoms with Gasteiger partial charge in [-0.25, -0.2) is 9.97 Å². The van der Waals surface area contributed by atoms with Crippen LogP contribution in [0.3, 0.4) is 0 Å². The number of phenolic OH excluding ortho intramolecular Hbond substituents is 1. The molecule has 0 aliphatic rings. The smallest absolute Gasteiger partial charge is 0.224 e. The molecule has 0 atom stereocenters. The summed E-state index contributed by atoms with van der Waals surface area (Å²) in [6.07, 6.45) is 4.28. The Kier molecular flexibility index (Phi) is 4.63. The van der Waals surface area contributed by atoms with Crippen LogP contribution in [0.1, 0.15) is 11.3 Å². The molecule has 0 saturated carbocycles. The van der Waals surface area contributed by atoms with Crippen molar-refractivity contribution in [2.24, 2.45) is 0 Å². The third-order valence-corrected chi connectivity index (χ3v) is 4.15. The molecule has 1 amide bonds. The van der Waals surface area contributed by atoms with Gasteiger partial charge in [0.2, 0.25) is 5.91 Å². The number of nitrogens with one attached hydrogen (secondary N) is 1. The second kappa shape index (κ2) is 7.02. The van der Waals surface area contributed by atoms with E-state index >= 15 is 0 Å². The highest BCUT2D eigenvalue weighted by Gasteiger charge is 2.06. The molecule has 2 N–H and O–H groups in total. The summed E-state index contributed by atoms with van der Waals surface area (Å²) in [5.41, 5.74) is 1.28. The van der Waals surface area contributed by atoms with E-state index in [-0.39, 0.29) is 11.7 Å². The standard InChI is InChI=1S/C17H15N3O2S/c21-14-4-1-3-12(9-14)17-18-10-13(11-19-17)20-16(22)7-6-15-5-2-8-23-15/h1-5,8-11,21H,6-7H2,(H,20,22). The highest BCUT2D eigenvalue weighted by atomic mass is 32.1. The van der Waals surface area contributed by atoms with Gasteiger partial charge in [-0.05, 0) is 30.0 Å². The molecule has 3 aromatic rings. The van der Waals surface area contributed by atoms with Gasteiger partial charge in [-0.3, -0.25) is 4.79 Å². The Labute approximate surface area is 137 Å². The maximum Gasteiger partial charge on any atom is 0.224 e. The molecule has 5 nitrogen and oxygen atoms in total. The average Bonchev–Trinajstić information content (AvgIpc) is 3.07. The molecule has 2 heterocycles. The number of aromatic hydroxyl groups is 1. The number of carbonyl (C=O) groups is 1. The number of benzene rings is 1. The molecular weight excluding hydrogens is 310 g/mol. The quantitative estimate of drug-likeness (QED) is 0.753. The fourth-order valence-corrected chi connectivity index (χ4v) is 2.81. The molecule has 0 aliphatic heterocycles. The first-order valence-electron chi connectivity index (χ1n) is 7.14. The molecule has 3 rings (SSSR count). The maximum atomic E-state index is 11.9. The largest absolute Gasteiger partial charge is 0.508 e. The van der Waals surface area contributed by atoms with Crippen LogP contribution < -0.4 is 5.32 Å². The summed E-state index contributed by atoms with van der Waals surface area (Å²) < 4.78 is 0. The fraction of sp³-hybridized carbons (Fsp3) is 0.118. The topological polar surface area (TPSA) is 75.1 Å². The number of hydrogen-bond donors (Lipinski definition) is 2. The lowest BCUT2D eigenvalue weighted by Gasteiger charge is -2.05. The van der Waals surface area contributed by atoms with E-state index in [1.54, 1.807) is 41.9 Å². The highest BCUT2D eigenvalue weighted by Crippen LogP contribution is 2.20. The van der Waals surface area contributed by atoms with Gasteiger partial charge in [-0.15, -0.1) is 11.3 Å². The Morgan fingerprint density at radius 3 is 2.70 bits per heavy atom. The second-order valence-electron chi connectivity index (χ2n) is 4.97. The lowest BCUT2D eigenvalue weighted by molar-refractivity contribution is -0.116. The van der Waals surface area contributed by atoms with Crippen molar-refractivity contribution in [2.75, 3.05) is 5.32 Å². The van der Waals surface area contributed by atoms with E-state index in [0.29, 0.717) is 17.9 Å². The number of amides is 1. The monoisotopic (exact) mass is 325 g/mol. The molecule has 0 fully saturated rings. The van der Waals surface area contributed by atoms with E-state index < -0.39 is 0 Å². The molecule has 2 aromatic heterocycles. The van der Waals surface area contributed by atoms with Crippen LogP contribution in [0.25, 0.3) is 11.4 Å². The fourth-order valence-electron chi connectivity index (χ4n) is 2.10. The summed E-state index contributed by atoms with van der Waals surface area (Å²) >= 11 is 1.65. The first-order chi connectivity index (χ1) is 11.2. The maximum absolute atomic E-state index is 11.9. The average molecular weight is 325 g/mol. The minimum Gasteiger partial charge on any atom is -0.508 e. The molecule has 23 heavy (non-hydrogen) atoms. The Balaban J connectivity index is 1.60. The summed E-state index contributed by atoms with van der Waals surface area (Å²) in [6.45, 7) is 0. The first-order valence-corrected chi connectivity index (χ1v) is 8.02. The number of aromatic nitrogens is 2. The van der Waals surface area contributed by atoms with Crippen LogP contribution in [0.4, 0.5) is 5.69 Å². The Morgan fingerprint density at radius 2 is 2.00 bits per heavy atom. The van der Waals surface area contributed by atoms with Gasteiger partial charge in [-0.2, -0.15) is 0 Å². The van der Waals surface area contributed by atoms with Crippen molar-refractivity contribution in [1.82, 2.24) is 9.97 Å². The zero-order valence-electron chi connectivity index (χ0n) is 12.3. The van der Waals surface area contributed by atoms with Gasteiger partial charge < -0.3 is 10.4 Å². The molecule has 0 radical (unpaired) electrons. The number of rotatable bonds is 5. The molecule has 0 bridgehead atoms. The van der Waals surface area contributed by atoms with Crippen molar-refractivity contribution in [3.63, 3.8) is 0 Å². The van der Waals surface area contributed by atoms with E-state index in [9.17, 15) is 9.90 Å². The van der Waals surface area contributed by atoms with Crippen LogP contribution in [-0.4, -0.2) is 21.0 Å². The summed E-state index contributed by atoms with van der Waals surface area (Å²) in [5, 5.41) is 14.3. The minimum absolute atomic E-state index is 0.0629. The first kappa shape index (κ1) is 15.2. The second-order valence-corrected chi connectivity index (χ2v) is 6.01. The van der Waals surface area contributed by atoms with Crippen molar-refractivity contribution in [1.29, 1.82) is 0 Å². The third-order valence-electron chi connectivity index (χ3n) is 3.22. The van der Waals surface area contributed by atoms with Gasteiger partial charge in [0.15, 0.2) is 5.82 Å². The minimum atomic E-state index is -0.0629. The number of hydrogen-bond acceptors (Lipinski definition) is 5. The number of aryl methyl sites for hydroxylation is 1. The Bertz CT molecular complexity index is 786. The molecule has 116 valence electrons. The molecule has 6 heteroatoms. The van der Waals surface area contributed by atoms with E-state index in [1.807, 2.05) is 23.6 Å². The van der Waals surface area contributed by atoms with Crippen molar-refractivity contribution >= 4 is 22.9 Å². The summed E-state index contributed by atoms with van der Waals surface area (Å²) in [6, 6.07) is 10.7. The van der Waals surface area contributed by atoms with Crippen molar-refractivity contribution in [3.05, 3.63) is 59.0 Å². The molecule has 0 spiro atoms. The number of phenols is 1. The number of carbonyl (C=O) groups excluding carboxylic acids is 1. The zero-order chi connectivity index (χ0) is 16.1. The van der Waals surface area contributed by atoms with Gasteiger partial charge in [0, 0.05) is 16.9 Å². The zero-order valence-corrected chi connectivity index (χ0v) is 13.1. The van der Waals surface area contributed by atoms with Crippen LogP contribution in [0.15, 0.2) is 54.2 Å². The SMILES string of the molecule is O=C(CCc1cccs1)Nc1cnc(-c2cccc(O)c2)nc1. The van der Waals surface area contributed by atoms with Crippen LogP contribution in [-0.2, 0) is 11.2 Å². The summed E-state index contributed by atoms with van der Waals surface area (Å²) in [7, 11) is 0. The van der Waals surface area contributed by atoms with Gasteiger partial charge in [-0.1, -0.05) is 18.2 Å². The van der Waals surface area contributed by atoms with E-state index in [4.69, 9.17) is 0 Å². The van der Waals surface area contributed by atoms with Crippen molar-refractivity contribution in [3.8, 4) is 17.1 Å². The number of nitrogens with zero attached hydrogens (tertiary/aromatic N) is 2. The van der Waals surface area contributed by atoms with Crippen molar-refractivity contribution < 1.29 is 9.90 Å². The lowest BCUT2D eigenvalue weighted by atomic mass is 10.2. The van der Waals surface area contributed by atoms with E-state index in [2.05, 4.69) is 15.3 Å². The summed E-state index contributed by atoms with van der Waals surface area (Å²) in [5.74, 6) is 0.599. The van der Waals surface area contributed by atoms with Crippen LogP contribution in [0.2, 0.25) is 0 Å². The molecule has 0 saturated heterocycles. The van der Waals surface area contributed by atoms with Gasteiger partial charge in [0.05, 0.1) is 18.1 Å². The summed E-state index contributed by atoms with van der Waals surface area (Å²) in [4.78, 5) is 21.5. The number of anilines is 1. The highest BCUT2D eigenvalue weighted by molar-refractivity contribution is 7.09. The third kappa shape index (κ3) is 4.14. The van der Waals surface area contributed by atoms with E-state index in [0.717, 1.165) is 12.0 Å². The molecule has 1 aromatic carbocycles.